The quantitative estimate of drug-likeness (QED) is 0.781. The number of imidazole rings is 1. The van der Waals surface area contributed by atoms with Gasteiger partial charge >= 0.3 is 5.97 Å². The average Bonchev–Trinajstić information content (AvgIpc) is 2.85. The van der Waals surface area contributed by atoms with E-state index in [0.29, 0.717) is 11.4 Å². The highest BCUT2D eigenvalue weighted by Gasteiger charge is 2.33. The van der Waals surface area contributed by atoms with Crippen molar-refractivity contribution in [1.29, 1.82) is 0 Å². The average molecular weight is 278 g/mol. The molecule has 5 nitrogen and oxygen atoms in total. The van der Waals surface area contributed by atoms with Gasteiger partial charge < -0.3 is 10.1 Å². The van der Waals surface area contributed by atoms with Crippen LogP contribution in [0.2, 0.25) is 5.02 Å². The van der Waals surface area contributed by atoms with Crippen molar-refractivity contribution in [3.8, 4) is 0 Å². The maximum absolute atomic E-state index is 11.2. The van der Waals surface area contributed by atoms with Gasteiger partial charge in [-0.15, -0.1) is 0 Å². The first-order valence-electron chi connectivity index (χ1n) is 5.91. The predicted octanol–water partition coefficient (Wildman–Crippen LogP) is 1.75. The number of halogens is 1. The minimum absolute atomic E-state index is 0.255. The second kappa shape index (κ2) is 4.68. The van der Waals surface area contributed by atoms with E-state index in [1.165, 1.54) is 0 Å². The zero-order chi connectivity index (χ0) is 13.4. The van der Waals surface area contributed by atoms with Gasteiger partial charge in [0.1, 0.15) is 6.04 Å². The second-order valence-electron chi connectivity index (χ2n) is 4.52. The molecular weight excluding hydrogens is 266 g/mol. The molecule has 0 radical (unpaired) electrons. The smallest absolute Gasteiger partial charge is 0.321 e. The summed E-state index contributed by atoms with van der Waals surface area (Å²) in [5.41, 5.74) is 2.60. The number of hydrogen-bond donors (Lipinski definition) is 3. The van der Waals surface area contributed by atoms with Gasteiger partial charge in [0.05, 0.1) is 18.1 Å². The largest absolute Gasteiger partial charge is 0.480 e. The lowest BCUT2D eigenvalue weighted by Crippen LogP contribution is -2.45. The fourth-order valence-electron chi connectivity index (χ4n) is 2.39. The molecule has 1 aromatic heterocycles. The minimum atomic E-state index is -0.868. The van der Waals surface area contributed by atoms with E-state index in [4.69, 9.17) is 11.6 Å². The van der Waals surface area contributed by atoms with Crippen molar-refractivity contribution in [2.75, 3.05) is 0 Å². The number of carbonyl (C=O) groups is 1. The number of nitrogens with one attached hydrogen (secondary N) is 2. The molecule has 0 bridgehead atoms. The maximum atomic E-state index is 11.2. The molecule has 0 spiro atoms. The number of aromatic nitrogens is 2. The summed E-state index contributed by atoms with van der Waals surface area (Å²) >= 11 is 5.99. The van der Waals surface area contributed by atoms with Gasteiger partial charge in [0.15, 0.2) is 0 Å². The number of benzene rings is 1. The summed E-state index contributed by atoms with van der Waals surface area (Å²) in [6.07, 6.45) is 2.00. The SMILES string of the molecule is O=C(O)[C@H]1Cc2[nH]cnc2[C@@H](c2cccc(Cl)c2)N1. The van der Waals surface area contributed by atoms with Crippen molar-refractivity contribution in [2.45, 2.75) is 18.5 Å². The van der Waals surface area contributed by atoms with Crippen molar-refractivity contribution in [3.05, 3.63) is 52.6 Å². The van der Waals surface area contributed by atoms with E-state index >= 15 is 0 Å². The van der Waals surface area contributed by atoms with Gasteiger partial charge in [-0.3, -0.25) is 10.1 Å². The molecule has 0 saturated heterocycles. The number of hydrogen-bond acceptors (Lipinski definition) is 3. The van der Waals surface area contributed by atoms with Gasteiger partial charge in [0.2, 0.25) is 0 Å². The summed E-state index contributed by atoms with van der Waals surface area (Å²) in [7, 11) is 0. The van der Waals surface area contributed by atoms with Gasteiger partial charge in [0, 0.05) is 17.1 Å². The fraction of sp³-hybridized carbons (Fsp3) is 0.231. The first-order chi connectivity index (χ1) is 9.15. The summed E-state index contributed by atoms with van der Waals surface area (Å²) in [4.78, 5) is 18.5. The lowest BCUT2D eigenvalue weighted by atomic mass is 9.94. The Bertz CT molecular complexity index is 626. The molecule has 2 atom stereocenters. The van der Waals surface area contributed by atoms with Crippen molar-refractivity contribution in [2.24, 2.45) is 0 Å². The molecule has 98 valence electrons. The predicted molar refractivity (Wildman–Crippen MR) is 70.1 cm³/mol. The number of carboxylic acids is 1. The number of nitrogens with zero attached hydrogens (tertiary/aromatic N) is 1. The Kier molecular flexibility index (Phi) is 3.00. The van der Waals surface area contributed by atoms with Crippen molar-refractivity contribution < 1.29 is 9.90 Å². The highest BCUT2D eigenvalue weighted by Crippen LogP contribution is 2.29. The Morgan fingerprint density at radius 1 is 1.47 bits per heavy atom. The number of aromatic amines is 1. The molecule has 6 heteroatoms. The maximum Gasteiger partial charge on any atom is 0.321 e. The molecule has 0 amide bonds. The van der Waals surface area contributed by atoms with E-state index in [0.717, 1.165) is 17.0 Å². The van der Waals surface area contributed by atoms with Crippen molar-refractivity contribution in [3.63, 3.8) is 0 Å². The fourth-order valence-corrected chi connectivity index (χ4v) is 2.58. The third-order valence-electron chi connectivity index (χ3n) is 3.28. The van der Waals surface area contributed by atoms with E-state index in [9.17, 15) is 9.90 Å². The molecule has 2 heterocycles. The summed E-state index contributed by atoms with van der Waals surface area (Å²) in [5.74, 6) is -0.868. The summed E-state index contributed by atoms with van der Waals surface area (Å²) in [6, 6.07) is 6.48. The first kappa shape index (κ1) is 12.2. The molecule has 3 rings (SSSR count). The summed E-state index contributed by atoms with van der Waals surface area (Å²) < 4.78 is 0. The van der Waals surface area contributed by atoms with Crippen LogP contribution in [0, 0.1) is 0 Å². The Labute approximate surface area is 114 Å². The van der Waals surface area contributed by atoms with Gasteiger partial charge in [-0.25, -0.2) is 4.98 Å². The number of carboxylic acid groups (broad SMARTS) is 1. The Morgan fingerprint density at radius 2 is 2.32 bits per heavy atom. The van der Waals surface area contributed by atoms with Crippen LogP contribution in [-0.2, 0) is 11.2 Å². The monoisotopic (exact) mass is 277 g/mol. The Hall–Kier alpha value is -1.85. The molecule has 0 unspecified atom stereocenters. The van der Waals surface area contributed by atoms with E-state index in [-0.39, 0.29) is 6.04 Å². The molecule has 1 aliphatic rings. The zero-order valence-electron chi connectivity index (χ0n) is 9.93. The number of H-pyrrole nitrogens is 1. The normalized spacial score (nSPS) is 21.9. The lowest BCUT2D eigenvalue weighted by Gasteiger charge is -2.28. The van der Waals surface area contributed by atoms with Crippen molar-refractivity contribution in [1.82, 2.24) is 15.3 Å². The highest BCUT2D eigenvalue weighted by atomic mass is 35.5. The third kappa shape index (κ3) is 2.22. The summed E-state index contributed by atoms with van der Waals surface area (Å²) in [5, 5.41) is 12.9. The molecular formula is C13H12ClN3O2. The van der Waals surface area contributed by atoms with E-state index in [2.05, 4.69) is 15.3 Å². The molecule has 0 saturated carbocycles. The molecule has 2 aromatic rings. The highest BCUT2D eigenvalue weighted by molar-refractivity contribution is 6.30. The standard InChI is InChI=1S/C13H12ClN3O2/c14-8-3-1-2-7(4-8)11-12-9(15-6-16-12)5-10(17-11)13(18)19/h1-4,6,10-11,17H,5H2,(H,15,16)(H,18,19)/t10-,11-/m1/s1. The van der Waals surface area contributed by atoms with Gasteiger partial charge in [-0.1, -0.05) is 23.7 Å². The van der Waals surface area contributed by atoms with Crippen LogP contribution in [0.5, 0.6) is 0 Å². The van der Waals surface area contributed by atoms with Crippen LogP contribution in [0.3, 0.4) is 0 Å². The molecule has 0 fully saturated rings. The first-order valence-corrected chi connectivity index (χ1v) is 6.29. The lowest BCUT2D eigenvalue weighted by molar-refractivity contribution is -0.139. The van der Waals surface area contributed by atoms with Crippen LogP contribution in [0.4, 0.5) is 0 Å². The number of aliphatic carboxylic acids is 1. The molecule has 3 N–H and O–H groups in total. The summed E-state index contributed by atoms with van der Waals surface area (Å²) in [6.45, 7) is 0. The van der Waals surface area contributed by atoms with Crippen LogP contribution in [0.15, 0.2) is 30.6 Å². The minimum Gasteiger partial charge on any atom is -0.480 e. The van der Waals surface area contributed by atoms with Gasteiger partial charge in [-0.05, 0) is 17.7 Å². The second-order valence-corrected chi connectivity index (χ2v) is 4.95. The van der Waals surface area contributed by atoms with Crippen LogP contribution < -0.4 is 5.32 Å². The zero-order valence-corrected chi connectivity index (χ0v) is 10.7. The van der Waals surface area contributed by atoms with E-state index in [1.807, 2.05) is 18.2 Å². The van der Waals surface area contributed by atoms with Gasteiger partial charge in [-0.2, -0.15) is 0 Å². The topological polar surface area (TPSA) is 78.0 Å². The van der Waals surface area contributed by atoms with Crippen LogP contribution >= 0.6 is 11.6 Å². The molecule has 0 aliphatic carbocycles. The van der Waals surface area contributed by atoms with E-state index < -0.39 is 12.0 Å². The Balaban J connectivity index is 2.03. The number of fused-ring (bicyclic) bond motifs is 1. The van der Waals surface area contributed by atoms with Crippen LogP contribution in [-0.4, -0.2) is 27.1 Å². The molecule has 1 aromatic carbocycles. The molecule has 19 heavy (non-hydrogen) atoms. The van der Waals surface area contributed by atoms with E-state index in [1.54, 1.807) is 12.4 Å². The Morgan fingerprint density at radius 3 is 3.05 bits per heavy atom. The van der Waals surface area contributed by atoms with Crippen LogP contribution in [0.25, 0.3) is 0 Å². The van der Waals surface area contributed by atoms with Crippen molar-refractivity contribution >= 4 is 17.6 Å². The third-order valence-corrected chi connectivity index (χ3v) is 3.52. The number of rotatable bonds is 2. The van der Waals surface area contributed by atoms with Crippen LogP contribution in [0.1, 0.15) is 23.0 Å². The molecule has 1 aliphatic heterocycles. The van der Waals surface area contributed by atoms with Gasteiger partial charge in [0.25, 0.3) is 0 Å².